The fourth-order valence-electron chi connectivity index (χ4n) is 2.34. The van der Waals surface area contributed by atoms with Crippen LogP contribution in [0.5, 0.6) is 0 Å². The second kappa shape index (κ2) is 8.99. The molecule has 0 aliphatic heterocycles. The van der Waals surface area contributed by atoms with E-state index in [2.05, 4.69) is 36.0 Å². The zero-order chi connectivity index (χ0) is 16.7. The van der Waals surface area contributed by atoms with E-state index in [-0.39, 0.29) is 5.91 Å². The summed E-state index contributed by atoms with van der Waals surface area (Å²) in [6.07, 6.45) is 3.20. The van der Waals surface area contributed by atoms with E-state index in [9.17, 15) is 4.79 Å². The molecule has 0 atom stereocenters. The molecule has 0 saturated heterocycles. The van der Waals surface area contributed by atoms with Gasteiger partial charge in [-0.1, -0.05) is 13.8 Å². The van der Waals surface area contributed by atoms with E-state index in [1.807, 2.05) is 18.2 Å². The first-order valence-electron chi connectivity index (χ1n) is 8.05. The largest absolute Gasteiger partial charge is 0.383 e. The van der Waals surface area contributed by atoms with E-state index in [0.29, 0.717) is 18.3 Å². The molecule has 23 heavy (non-hydrogen) atoms. The van der Waals surface area contributed by atoms with Crippen LogP contribution in [-0.2, 0) is 16.1 Å². The van der Waals surface area contributed by atoms with Crippen LogP contribution in [0.1, 0.15) is 20.3 Å². The molecule has 0 aliphatic rings. The number of rotatable bonds is 9. The second-order valence-corrected chi connectivity index (χ2v) is 7.16. The van der Waals surface area contributed by atoms with Crippen molar-refractivity contribution in [3.8, 4) is 0 Å². The second-order valence-electron chi connectivity index (χ2n) is 6.06. The number of hydrogen-bond acceptors (Lipinski definition) is 3. The number of carbonyl (C=O) groups is 1. The average molecular weight is 334 g/mol. The number of carbonyl (C=O) groups excluding carboxylic acids is 1. The van der Waals surface area contributed by atoms with Crippen LogP contribution < -0.4 is 5.32 Å². The van der Waals surface area contributed by atoms with Gasteiger partial charge in [0.05, 0.1) is 12.4 Å². The summed E-state index contributed by atoms with van der Waals surface area (Å²) < 4.78 is 7.28. The number of anilines is 1. The van der Waals surface area contributed by atoms with Crippen molar-refractivity contribution >= 4 is 34.3 Å². The molecule has 0 fully saturated rings. The van der Waals surface area contributed by atoms with E-state index in [1.54, 1.807) is 18.9 Å². The topological polar surface area (TPSA) is 43.3 Å². The molecule has 4 nitrogen and oxygen atoms in total. The lowest BCUT2D eigenvalue weighted by Crippen LogP contribution is -2.14. The predicted octanol–water partition coefficient (Wildman–Crippen LogP) is 4.01. The van der Waals surface area contributed by atoms with Gasteiger partial charge >= 0.3 is 0 Å². The number of methoxy groups -OCH3 is 1. The zero-order valence-electron chi connectivity index (χ0n) is 14.2. The van der Waals surface area contributed by atoms with Crippen LogP contribution in [-0.4, -0.2) is 35.7 Å². The van der Waals surface area contributed by atoms with Gasteiger partial charge in [0.25, 0.3) is 0 Å². The molecule has 0 unspecified atom stereocenters. The SMILES string of the molecule is COCCn1ccc2cc(NC(=O)CSCCC(C)C)ccc21. The molecule has 126 valence electrons. The maximum absolute atomic E-state index is 12.0. The normalized spacial score (nSPS) is 11.3. The molecule has 2 rings (SSSR count). The number of amides is 1. The Bertz CT molecular complexity index is 637. The highest BCUT2D eigenvalue weighted by atomic mass is 32.2. The smallest absolute Gasteiger partial charge is 0.234 e. The maximum atomic E-state index is 12.0. The van der Waals surface area contributed by atoms with Crippen LogP contribution in [0.2, 0.25) is 0 Å². The summed E-state index contributed by atoms with van der Waals surface area (Å²) in [5.41, 5.74) is 2.02. The Balaban J connectivity index is 1.89. The lowest BCUT2D eigenvalue weighted by Gasteiger charge is -2.08. The Morgan fingerprint density at radius 3 is 2.91 bits per heavy atom. The number of ether oxygens (including phenoxy) is 1. The van der Waals surface area contributed by atoms with E-state index < -0.39 is 0 Å². The molecule has 1 aromatic heterocycles. The van der Waals surface area contributed by atoms with E-state index in [1.165, 1.54) is 0 Å². The third-order valence-corrected chi connectivity index (χ3v) is 4.65. The minimum absolute atomic E-state index is 0.0666. The van der Waals surface area contributed by atoms with Gasteiger partial charge in [-0.25, -0.2) is 0 Å². The molecule has 0 bridgehead atoms. The van der Waals surface area contributed by atoms with E-state index >= 15 is 0 Å². The van der Waals surface area contributed by atoms with Crippen molar-refractivity contribution < 1.29 is 9.53 Å². The standard InChI is InChI=1S/C18H26N2O2S/c1-14(2)7-11-23-13-18(21)19-16-4-5-17-15(12-16)6-8-20(17)9-10-22-3/h4-6,8,12,14H,7,9-11,13H2,1-3H3,(H,19,21). The van der Waals surface area contributed by atoms with Crippen LogP contribution >= 0.6 is 11.8 Å². The van der Waals surface area contributed by atoms with Gasteiger partial charge in [0.1, 0.15) is 0 Å². The van der Waals surface area contributed by atoms with Crippen LogP contribution in [0, 0.1) is 5.92 Å². The maximum Gasteiger partial charge on any atom is 0.234 e. The summed E-state index contributed by atoms with van der Waals surface area (Å²) in [6, 6.07) is 8.10. The van der Waals surface area contributed by atoms with E-state index in [0.717, 1.165) is 35.3 Å². The lowest BCUT2D eigenvalue weighted by atomic mass is 10.2. The first-order chi connectivity index (χ1) is 11.1. The number of benzene rings is 1. The third kappa shape index (κ3) is 5.59. The van der Waals surface area contributed by atoms with Crippen LogP contribution in [0.25, 0.3) is 10.9 Å². The summed E-state index contributed by atoms with van der Waals surface area (Å²) in [6.45, 7) is 5.93. The number of fused-ring (bicyclic) bond motifs is 1. The van der Waals surface area contributed by atoms with Crippen molar-refractivity contribution in [2.75, 3.05) is 30.5 Å². The number of aromatic nitrogens is 1. The molecule has 0 saturated carbocycles. The van der Waals surface area contributed by atoms with Crippen molar-refractivity contribution in [3.05, 3.63) is 30.5 Å². The highest BCUT2D eigenvalue weighted by molar-refractivity contribution is 7.99. The molecular formula is C18H26N2O2S. The van der Waals surface area contributed by atoms with Gasteiger partial charge in [-0.05, 0) is 42.4 Å². The molecule has 1 amide bonds. The van der Waals surface area contributed by atoms with Gasteiger partial charge in [-0.15, -0.1) is 0 Å². The van der Waals surface area contributed by atoms with Gasteiger partial charge in [0.15, 0.2) is 0 Å². The van der Waals surface area contributed by atoms with E-state index in [4.69, 9.17) is 4.74 Å². The fourth-order valence-corrected chi connectivity index (χ4v) is 3.38. The van der Waals surface area contributed by atoms with Gasteiger partial charge in [0.2, 0.25) is 5.91 Å². The van der Waals surface area contributed by atoms with Crippen LogP contribution in [0.3, 0.4) is 0 Å². The summed E-state index contributed by atoms with van der Waals surface area (Å²) in [4.78, 5) is 12.0. The molecule has 2 aromatic rings. The number of nitrogens with one attached hydrogen (secondary N) is 1. The summed E-state index contributed by atoms with van der Waals surface area (Å²) in [5.74, 6) is 2.30. The van der Waals surface area contributed by atoms with Crippen molar-refractivity contribution in [2.45, 2.75) is 26.8 Å². The monoisotopic (exact) mass is 334 g/mol. The Morgan fingerprint density at radius 1 is 1.35 bits per heavy atom. The minimum Gasteiger partial charge on any atom is -0.383 e. The van der Waals surface area contributed by atoms with Crippen molar-refractivity contribution in [1.82, 2.24) is 4.57 Å². The number of nitrogens with zero attached hydrogens (tertiary/aromatic N) is 1. The molecule has 5 heteroatoms. The molecule has 0 radical (unpaired) electrons. The van der Waals surface area contributed by atoms with Crippen molar-refractivity contribution in [2.24, 2.45) is 5.92 Å². The Kier molecular flexibility index (Phi) is 6.99. The van der Waals surface area contributed by atoms with Crippen LogP contribution in [0.15, 0.2) is 30.5 Å². The fraction of sp³-hybridized carbons (Fsp3) is 0.500. The molecule has 0 aliphatic carbocycles. The molecule has 1 aromatic carbocycles. The summed E-state index contributed by atoms with van der Waals surface area (Å²) in [5, 5.41) is 4.11. The van der Waals surface area contributed by atoms with Crippen LogP contribution in [0.4, 0.5) is 5.69 Å². The van der Waals surface area contributed by atoms with Crippen molar-refractivity contribution in [1.29, 1.82) is 0 Å². The van der Waals surface area contributed by atoms with Crippen molar-refractivity contribution in [3.63, 3.8) is 0 Å². The molecular weight excluding hydrogens is 308 g/mol. The van der Waals surface area contributed by atoms with Gasteiger partial charge in [-0.2, -0.15) is 11.8 Å². The number of thioether (sulfide) groups is 1. The number of hydrogen-bond donors (Lipinski definition) is 1. The zero-order valence-corrected chi connectivity index (χ0v) is 15.0. The first kappa shape index (κ1) is 17.9. The highest BCUT2D eigenvalue weighted by Gasteiger charge is 2.06. The Hall–Kier alpha value is -1.46. The predicted molar refractivity (Wildman–Crippen MR) is 99.2 cm³/mol. The van der Waals surface area contributed by atoms with Gasteiger partial charge < -0.3 is 14.6 Å². The average Bonchev–Trinajstić information content (AvgIpc) is 2.91. The molecule has 1 heterocycles. The third-order valence-electron chi connectivity index (χ3n) is 3.66. The minimum atomic E-state index is 0.0666. The van der Waals surface area contributed by atoms with Gasteiger partial charge in [0, 0.05) is 36.4 Å². The summed E-state index contributed by atoms with van der Waals surface area (Å²) in [7, 11) is 1.71. The Morgan fingerprint density at radius 2 is 2.17 bits per heavy atom. The van der Waals surface area contributed by atoms with Gasteiger partial charge in [-0.3, -0.25) is 4.79 Å². The first-order valence-corrected chi connectivity index (χ1v) is 9.21. The quantitative estimate of drug-likeness (QED) is 0.705. The summed E-state index contributed by atoms with van der Waals surface area (Å²) >= 11 is 1.70. The molecule has 1 N–H and O–H groups in total. The molecule has 0 spiro atoms. The Labute approximate surface area is 142 Å². The lowest BCUT2D eigenvalue weighted by molar-refractivity contribution is -0.113. The highest BCUT2D eigenvalue weighted by Crippen LogP contribution is 2.21.